The molecule has 1 heterocycles. The van der Waals surface area contributed by atoms with Gasteiger partial charge in [-0.1, -0.05) is 12.1 Å². The molecular weight excluding hydrogens is 252 g/mol. The predicted molar refractivity (Wildman–Crippen MR) is 76.6 cm³/mol. The van der Waals surface area contributed by atoms with Gasteiger partial charge in [0.15, 0.2) is 0 Å². The molecule has 1 aliphatic rings. The molecule has 1 aromatic carbocycles. The number of carbonyl (C=O) groups is 1. The SMILES string of the molecule is N#Cc1cccc(/C=C/C(=O)N2CCC(CCO)C2)c1. The second kappa shape index (κ2) is 6.88. The Bertz CT molecular complexity index is 546. The number of nitrogens with zero attached hydrogens (tertiary/aromatic N) is 2. The fraction of sp³-hybridized carbons (Fsp3) is 0.375. The van der Waals surface area contributed by atoms with Crippen LogP contribution in [0.2, 0.25) is 0 Å². The minimum atomic E-state index is -0.00667. The fourth-order valence-electron chi connectivity index (χ4n) is 2.44. The lowest BCUT2D eigenvalue weighted by atomic mass is 10.1. The molecule has 1 amide bonds. The lowest BCUT2D eigenvalue weighted by molar-refractivity contribution is -0.125. The van der Waals surface area contributed by atoms with E-state index in [1.165, 1.54) is 0 Å². The van der Waals surface area contributed by atoms with Crippen molar-refractivity contribution >= 4 is 12.0 Å². The highest BCUT2D eigenvalue weighted by molar-refractivity contribution is 5.92. The number of amides is 1. The van der Waals surface area contributed by atoms with E-state index < -0.39 is 0 Å². The summed E-state index contributed by atoms with van der Waals surface area (Å²) < 4.78 is 0. The van der Waals surface area contributed by atoms with Gasteiger partial charge < -0.3 is 10.0 Å². The quantitative estimate of drug-likeness (QED) is 0.848. The van der Waals surface area contributed by atoms with E-state index in [1.54, 1.807) is 30.4 Å². The highest BCUT2D eigenvalue weighted by Gasteiger charge is 2.24. The number of nitriles is 1. The maximum atomic E-state index is 12.0. The lowest BCUT2D eigenvalue weighted by Gasteiger charge is -2.13. The van der Waals surface area contributed by atoms with Crippen molar-refractivity contribution in [2.45, 2.75) is 12.8 Å². The summed E-state index contributed by atoms with van der Waals surface area (Å²) in [4.78, 5) is 13.8. The standard InChI is InChI=1S/C16H18N2O2/c17-11-15-3-1-2-13(10-15)4-5-16(20)18-8-6-14(12-18)7-9-19/h1-5,10,14,19H,6-9,12H2/b5-4+. The number of benzene rings is 1. The Morgan fingerprint density at radius 3 is 3.15 bits per heavy atom. The second-order valence-corrected chi connectivity index (χ2v) is 5.02. The van der Waals surface area contributed by atoms with E-state index in [9.17, 15) is 4.79 Å². The van der Waals surface area contributed by atoms with Crippen LogP contribution in [0, 0.1) is 17.2 Å². The van der Waals surface area contributed by atoms with Crippen molar-refractivity contribution < 1.29 is 9.90 Å². The Morgan fingerprint density at radius 2 is 2.40 bits per heavy atom. The molecule has 1 saturated heterocycles. The van der Waals surface area contributed by atoms with Crippen LogP contribution in [0.15, 0.2) is 30.3 Å². The van der Waals surface area contributed by atoms with Crippen LogP contribution in [0.5, 0.6) is 0 Å². The van der Waals surface area contributed by atoms with Gasteiger partial charge in [0.05, 0.1) is 11.6 Å². The van der Waals surface area contributed by atoms with E-state index in [1.807, 2.05) is 11.0 Å². The molecule has 0 saturated carbocycles. The van der Waals surface area contributed by atoms with Crippen molar-refractivity contribution in [2.24, 2.45) is 5.92 Å². The number of carbonyl (C=O) groups excluding carboxylic acids is 1. The van der Waals surface area contributed by atoms with Gasteiger partial charge in [-0.3, -0.25) is 4.79 Å². The highest BCUT2D eigenvalue weighted by Crippen LogP contribution is 2.19. The first-order chi connectivity index (χ1) is 9.72. The zero-order chi connectivity index (χ0) is 14.4. The van der Waals surface area contributed by atoms with Crippen LogP contribution < -0.4 is 0 Å². The van der Waals surface area contributed by atoms with E-state index in [0.29, 0.717) is 11.5 Å². The van der Waals surface area contributed by atoms with Crippen LogP contribution in [0.25, 0.3) is 6.08 Å². The van der Waals surface area contributed by atoms with Crippen LogP contribution >= 0.6 is 0 Å². The zero-order valence-electron chi connectivity index (χ0n) is 11.3. The minimum Gasteiger partial charge on any atom is -0.396 e. The molecule has 0 spiro atoms. The summed E-state index contributed by atoms with van der Waals surface area (Å²) in [7, 11) is 0. The summed E-state index contributed by atoms with van der Waals surface area (Å²) in [6.07, 6.45) is 5.02. The van der Waals surface area contributed by atoms with Gasteiger partial charge in [0.2, 0.25) is 5.91 Å². The molecule has 1 unspecified atom stereocenters. The van der Waals surface area contributed by atoms with Gasteiger partial charge in [-0.05, 0) is 42.5 Å². The van der Waals surface area contributed by atoms with Gasteiger partial charge >= 0.3 is 0 Å². The third-order valence-electron chi connectivity index (χ3n) is 3.57. The number of hydrogen-bond donors (Lipinski definition) is 1. The maximum absolute atomic E-state index is 12.0. The Morgan fingerprint density at radius 1 is 1.55 bits per heavy atom. The largest absolute Gasteiger partial charge is 0.396 e. The summed E-state index contributed by atoms with van der Waals surface area (Å²) in [6, 6.07) is 9.23. The zero-order valence-corrected chi connectivity index (χ0v) is 11.3. The summed E-state index contributed by atoms with van der Waals surface area (Å²) in [6.45, 7) is 1.66. The van der Waals surface area contributed by atoms with E-state index in [0.717, 1.165) is 31.5 Å². The van der Waals surface area contributed by atoms with Gasteiger partial charge in [-0.2, -0.15) is 5.26 Å². The Kier molecular flexibility index (Phi) is 4.91. The monoisotopic (exact) mass is 270 g/mol. The van der Waals surface area contributed by atoms with Gasteiger partial charge in [0.25, 0.3) is 0 Å². The van der Waals surface area contributed by atoms with E-state index in [2.05, 4.69) is 6.07 Å². The van der Waals surface area contributed by atoms with E-state index in [4.69, 9.17) is 10.4 Å². The third kappa shape index (κ3) is 3.69. The molecule has 0 bridgehead atoms. The first-order valence-electron chi connectivity index (χ1n) is 6.81. The third-order valence-corrected chi connectivity index (χ3v) is 3.57. The minimum absolute atomic E-state index is 0.00667. The molecule has 1 fully saturated rings. The average molecular weight is 270 g/mol. The fourth-order valence-corrected chi connectivity index (χ4v) is 2.44. The molecule has 0 aliphatic carbocycles. The number of rotatable bonds is 4. The van der Waals surface area contributed by atoms with Crippen molar-refractivity contribution in [3.8, 4) is 6.07 Å². The molecule has 1 N–H and O–H groups in total. The molecule has 0 radical (unpaired) electrons. The van der Waals surface area contributed by atoms with Crippen LogP contribution in [0.4, 0.5) is 0 Å². The van der Waals surface area contributed by atoms with Crippen LogP contribution in [0.1, 0.15) is 24.0 Å². The Hall–Kier alpha value is -2.12. The molecule has 4 nitrogen and oxygen atoms in total. The predicted octanol–water partition coefficient (Wildman–Crippen LogP) is 1.80. The molecule has 1 aromatic rings. The molecule has 20 heavy (non-hydrogen) atoms. The van der Waals surface area contributed by atoms with Gasteiger partial charge in [-0.25, -0.2) is 0 Å². The smallest absolute Gasteiger partial charge is 0.246 e. The number of hydrogen-bond acceptors (Lipinski definition) is 3. The maximum Gasteiger partial charge on any atom is 0.246 e. The molecule has 1 atom stereocenters. The van der Waals surface area contributed by atoms with Crippen molar-refractivity contribution in [1.29, 1.82) is 5.26 Å². The molecule has 104 valence electrons. The number of likely N-dealkylation sites (tertiary alicyclic amines) is 1. The van der Waals surface area contributed by atoms with Crippen LogP contribution in [0.3, 0.4) is 0 Å². The van der Waals surface area contributed by atoms with Crippen LogP contribution in [-0.4, -0.2) is 35.6 Å². The number of aliphatic hydroxyl groups excluding tert-OH is 1. The molecular formula is C16H18N2O2. The van der Waals surface area contributed by atoms with Gasteiger partial charge in [0, 0.05) is 25.8 Å². The van der Waals surface area contributed by atoms with Crippen molar-refractivity contribution in [3.63, 3.8) is 0 Å². The molecule has 1 aliphatic heterocycles. The highest BCUT2D eigenvalue weighted by atomic mass is 16.3. The normalized spacial score (nSPS) is 18.4. The molecule has 2 rings (SSSR count). The molecule has 4 heteroatoms. The molecule has 0 aromatic heterocycles. The van der Waals surface area contributed by atoms with E-state index >= 15 is 0 Å². The second-order valence-electron chi connectivity index (χ2n) is 5.02. The first-order valence-corrected chi connectivity index (χ1v) is 6.81. The van der Waals surface area contributed by atoms with Crippen LogP contribution in [-0.2, 0) is 4.79 Å². The summed E-state index contributed by atoms with van der Waals surface area (Å²) in [5, 5.41) is 17.7. The van der Waals surface area contributed by atoms with Crippen molar-refractivity contribution in [1.82, 2.24) is 4.90 Å². The Labute approximate surface area is 118 Å². The Balaban J connectivity index is 1.94. The lowest BCUT2D eigenvalue weighted by Crippen LogP contribution is -2.26. The van der Waals surface area contributed by atoms with E-state index in [-0.39, 0.29) is 12.5 Å². The summed E-state index contributed by atoms with van der Waals surface area (Å²) in [5.41, 5.74) is 1.44. The summed E-state index contributed by atoms with van der Waals surface area (Å²) in [5.74, 6) is 0.409. The first kappa shape index (κ1) is 14.3. The van der Waals surface area contributed by atoms with Crippen molar-refractivity contribution in [2.75, 3.05) is 19.7 Å². The van der Waals surface area contributed by atoms with Crippen molar-refractivity contribution in [3.05, 3.63) is 41.5 Å². The summed E-state index contributed by atoms with van der Waals surface area (Å²) >= 11 is 0. The van der Waals surface area contributed by atoms with Gasteiger partial charge in [0.1, 0.15) is 0 Å². The topological polar surface area (TPSA) is 64.3 Å². The van der Waals surface area contributed by atoms with Gasteiger partial charge in [-0.15, -0.1) is 0 Å². The average Bonchev–Trinajstić information content (AvgIpc) is 2.94. The number of aliphatic hydroxyl groups is 1.